The number of hydrogen-bond donors (Lipinski definition) is 1. The Hall–Kier alpha value is -2.01. The molecule has 0 unspecified atom stereocenters. The normalized spacial score (nSPS) is 10.8. The molecule has 24 heavy (non-hydrogen) atoms. The molecule has 1 N–H and O–H groups in total. The largest absolute Gasteiger partial charge is 0.322 e. The molecule has 0 fully saturated rings. The molecule has 1 heterocycles. The molecule has 4 nitrogen and oxygen atoms in total. The van der Waals surface area contributed by atoms with Crippen molar-refractivity contribution in [3.63, 3.8) is 0 Å². The number of hydrogen-bond acceptors (Lipinski definition) is 2. The summed E-state index contributed by atoms with van der Waals surface area (Å²) in [6.07, 6.45) is 1.50. The van der Waals surface area contributed by atoms with E-state index in [-0.39, 0.29) is 11.8 Å². The summed E-state index contributed by atoms with van der Waals surface area (Å²) in [4.78, 5) is 24.4. The highest BCUT2D eigenvalue weighted by Crippen LogP contribution is 2.28. The Labute approximate surface area is 152 Å². The SMILES string of the molecule is CC(=O)n1cc(C(=O)Nc2ccc(Cl)c(Cl)c2)c2ccc(Cl)cc21. The van der Waals surface area contributed by atoms with Crippen LogP contribution in [0.1, 0.15) is 22.1 Å². The number of halogens is 3. The highest BCUT2D eigenvalue weighted by Gasteiger charge is 2.17. The molecular weight excluding hydrogens is 371 g/mol. The Morgan fingerprint density at radius 1 is 1.00 bits per heavy atom. The Morgan fingerprint density at radius 2 is 1.75 bits per heavy atom. The lowest BCUT2D eigenvalue weighted by atomic mass is 10.1. The maximum absolute atomic E-state index is 12.6. The van der Waals surface area contributed by atoms with E-state index in [1.165, 1.54) is 17.7 Å². The maximum Gasteiger partial charge on any atom is 0.257 e. The molecule has 3 aromatic rings. The Morgan fingerprint density at radius 3 is 2.42 bits per heavy atom. The molecular formula is C17H11Cl3N2O2. The van der Waals surface area contributed by atoms with Gasteiger partial charge in [-0.15, -0.1) is 0 Å². The van der Waals surface area contributed by atoms with Crippen LogP contribution < -0.4 is 5.32 Å². The summed E-state index contributed by atoms with van der Waals surface area (Å²) >= 11 is 17.8. The number of aromatic nitrogens is 1. The molecule has 1 aromatic heterocycles. The van der Waals surface area contributed by atoms with Crippen LogP contribution in [0.25, 0.3) is 10.9 Å². The first-order valence-electron chi connectivity index (χ1n) is 6.95. The maximum atomic E-state index is 12.6. The molecule has 0 aliphatic heterocycles. The minimum absolute atomic E-state index is 0.212. The molecule has 0 atom stereocenters. The third kappa shape index (κ3) is 3.13. The predicted octanol–water partition coefficient (Wildman–Crippen LogP) is 5.51. The number of fused-ring (bicyclic) bond motifs is 1. The molecule has 0 saturated heterocycles. The van der Waals surface area contributed by atoms with Crippen LogP contribution in [-0.2, 0) is 0 Å². The van der Waals surface area contributed by atoms with E-state index < -0.39 is 0 Å². The van der Waals surface area contributed by atoms with Crippen LogP contribution >= 0.6 is 34.8 Å². The smallest absolute Gasteiger partial charge is 0.257 e. The molecule has 0 saturated carbocycles. The van der Waals surface area contributed by atoms with Crippen molar-refractivity contribution in [2.24, 2.45) is 0 Å². The molecule has 122 valence electrons. The fourth-order valence-corrected chi connectivity index (χ4v) is 2.88. The minimum atomic E-state index is -0.360. The number of benzene rings is 2. The van der Waals surface area contributed by atoms with Crippen LogP contribution in [0.5, 0.6) is 0 Å². The van der Waals surface area contributed by atoms with Gasteiger partial charge in [0.05, 0.1) is 21.1 Å². The molecule has 0 spiro atoms. The van der Waals surface area contributed by atoms with Gasteiger partial charge < -0.3 is 5.32 Å². The number of rotatable bonds is 2. The van der Waals surface area contributed by atoms with Crippen LogP contribution in [0.4, 0.5) is 5.69 Å². The van der Waals surface area contributed by atoms with Gasteiger partial charge in [-0.2, -0.15) is 0 Å². The van der Waals surface area contributed by atoms with E-state index in [1.807, 2.05) is 0 Å². The monoisotopic (exact) mass is 380 g/mol. The fourth-order valence-electron chi connectivity index (χ4n) is 2.41. The second kappa shape index (κ2) is 6.48. The van der Waals surface area contributed by atoms with E-state index in [2.05, 4.69) is 5.32 Å². The zero-order valence-corrected chi connectivity index (χ0v) is 14.7. The number of amides is 1. The summed E-state index contributed by atoms with van der Waals surface area (Å²) in [5, 5.41) is 4.60. The van der Waals surface area contributed by atoms with E-state index in [4.69, 9.17) is 34.8 Å². The van der Waals surface area contributed by atoms with Gasteiger partial charge in [0.15, 0.2) is 0 Å². The fraction of sp³-hybridized carbons (Fsp3) is 0.0588. The first kappa shape index (κ1) is 16.8. The van der Waals surface area contributed by atoms with Crippen molar-refractivity contribution in [1.82, 2.24) is 4.57 Å². The summed E-state index contributed by atoms with van der Waals surface area (Å²) < 4.78 is 1.39. The van der Waals surface area contributed by atoms with Gasteiger partial charge in [-0.05, 0) is 30.3 Å². The average molecular weight is 382 g/mol. The summed E-state index contributed by atoms with van der Waals surface area (Å²) in [7, 11) is 0. The van der Waals surface area contributed by atoms with Gasteiger partial charge in [0.1, 0.15) is 0 Å². The van der Waals surface area contributed by atoms with E-state index in [1.54, 1.807) is 36.4 Å². The number of carbonyl (C=O) groups excluding carboxylic acids is 2. The van der Waals surface area contributed by atoms with Gasteiger partial charge in [-0.3, -0.25) is 14.2 Å². The Kier molecular flexibility index (Phi) is 4.54. The van der Waals surface area contributed by atoms with E-state index in [9.17, 15) is 9.59 Å². The Balaban J connectivity index is 2.03. The first-order chi connectivity index (χ1) is 11.4. The highest BCUT2D eigenvalue weighted by atomic mass is 35.5. The van der Waals surface area contributed by atoms with Crippen molar-refractivity contribution in [2.75, 3.05) is 5.32 Å². The summed E-state index contributed by atoms with van der Waals surface area (Å²) in [6.45, 7) is 1.42. The molecule has 1 amide bonds. The lowest BCUT2D eigenvalue weighted by Crippen LogP contribution is -2.12. The molecule has 2 aromatic carbocycles. The molecule has 0 bridgehead atoms. The van der Waals surface area contributed by atoms with Crippen molar-refractivity contribution in [3.8, 4) is 0 Å². The zero-order valence-electron chi connectivity index (χ0n) is 12.4. The predicted molar refractivity (Wildman–Crippen MR) is 97.7 cm³/mol. The summed E-state index contributed by atoms with van der Waals surface area (Å²) in [6, 6.07) is 9.83. The van der Waals surface area contributed by atoms with Gasteiger partial charge in [-0.25, -0.2) is 0 Å². The molecule has 3 rings (SSSR count). The second-order valence-corrected chi connectivity index (χ2v) is 6.43. The lowest BCUT2D eigenvalue weighted by molar-refractivity contribution is 0.0941. The average Bonchev–Trinajstić information content (AvgIpc) is 2.90. The zero-order chi connectivity index (χ0) is 17.4. The topological polar surface area (TPSA) is 51.1 Å². The number of nitrogens with one attached hydrogen (secondary N) is 1. The number of carbonyl (C=O) groups is 2. The molecule has 0 aliphatic rings. The number of nitrogens with zero attached hydrogens (tertiary/aromatic N) is 1. The third-order valence-electron chi connectivity index (χ3n) is 3.53. The van der Waals surface area contributed by atoms with Crippen molar-refractivity contribution in [3.05, 3.63) is 63.2 Å². The van der Waals surface area contributed by atoms with Crippen molar-refractivity contribution >= 4 is 63.2 Å². The highest BCUT2D eigenvalue weighted by molar-refractivity contribution is 6.42. The standard InChI is InChI=1S/C17H11Cl3N2O2/c1-9(23)22-8-13(12-4-2-10(18)6-16(12)22)17(24)21-11-3-5-14(19)15(20)7-11/h2-8H,1H3,(H,21,24). The van der Waals surface area contributed by atoms with Crippen LogP contribution in [0.3, 0.4) is 0 Å². The molecule has 0 radical (unpaired) electrons. The van der Waals surface area contributed by atoms with Gasteiger partial charge >= 0.3 is 0 Å². The van der Waals surface area contributed by atoms with E-state index in [0.717, 1.165) is 0 Å². The Bertz CT molecular complexity index is 979. The van der Waals surface area contributed by atoms with Gasteiger partial charge in [0, 0.05) is 29.2 Å². The summed E-state index contributed by atoms with van der Waals surface area (Å²) in [5.74, 6) is -0.573. The molecule has 7 heteroatoms. The van der Waals surface area contributed by atoms with E-state index in [0.29, 0.717) is 37.2 Å². The van der Waals surface area contributed by atoms with Gasteiger partial charge in [0.25, 0.3) is 5.91 Å². The number of anilines is 1. The first-order valence-corrected chi connectivity index (χ1v) is 8.08. The van der Waals surface area contributed by atoms with Crippen LogP contribution in [0.2, 0.25) is 15.1 Å². The van der Waals surface area contributed by atoms with E-state index >= 15 is 0 Å². The van der Waals surface area contributed by atoms with Crippen LogP contribution in [0, 0.1) is 0 Å². The quantitative estimate of drug-likeness (QED) is 0.636. The van der Waals surface area contributed by atoms with Crippen molar-refractivity contribution in [1.29, 1.82) is 0 Å². The van der Waals surface area contributed by atoms with Gasteiger partial charge in [0.2, 0.25) is 5.91 Å². The van der Waals surface area contributed by atoms with Crippen LogP contribution in [-0.4, -0.2) is 16.4 Å². The second-order valence-electron chi connectivity index (χ2n) is 5.18. The lowest BCUT2D eigenvalue weighted by Gasteiger charge is -2.05. The minimum Gasteiger partial charge on any atom is -0.322 e. The molecule has 0 aliphatic carbocycles. The van der Waals surface area contributed by atoms with Gasteiger partial charge in [-0.1, -0.05) is 40.9 Å². The van der Waals surface area contributed by atoms with Crippen molar-refractivity contribution < 1.29 is 9.59 Å². The van der Waals surface area contributed by atoms with Crippen molar-refractivity contribution in [2.45, 2.75) is 6.92 Å². The third-order valence-corrected chi connectivity index (χ3v) is 4.50. The van der Waals surface area contributed by atoms with Crippen LogP contribution in [0.15, 0.2) is 42.6 Å². The summed E-state index contributed by atoms with van der Waals surface area (Å²) in [5.41, 5.74) is 1.45.